The van der Waals surface area contributed by atoms with Gasteiger partial charge in [-0.25, -0.2) is 4.98 Å². The normalized spacial score (nSPS) is 18.0. The Balaban J connectivity index is 1.75. The Morgan fingerprint density at radius 2 is 2.04 bits per heavy atom. The molecule has 1 aromatic heterocycles. The second-order valence-electron chi connectivity index (χ2n) is 5.83. The summed E-state index contributed by atoms with van der Waals surface area (Å²) in [4.78, 5) is 4.58. The van der Waals surface area contributed by atoms with E-state index in [1.165, 1.54) is 0 Å². The molecule has 0 aliphatic carbocycles. The minimum atomic E-state index is 0.0659. The lowest BCUT2D eigenvalue weighted by atomic mass is 10.0. The number of methoxy groups -OCH3 is 1. The van der Waals surface area contributed by atoms with Gasteiger partial charge in [-0.3, -0.25) is 0 Å². The number of ether oxygens (including phenoxy) is 3. The van der Waals surface area contributed by atoms with Gasteiger partial charge in [-0.2, -0.15) is 0 Å². The Morgan fingerprint density at radius 1 is 1.17 bits per heavy atom. The van der Waals surface area contributed by atoms with E-state index in [9.17, 15) is 0 Å². The Kier molecular flexibility index (Phi) is 4.19. The van der Waals surface area contributed by atoms with Crippen molar-refractivity contribution in [3.05, 3.63) is 48.8 Å². The molecule has 0 bridgehead atoms. The average molecular weight is 324 g/mol. The average Bonchev–Trinajstić information content (AvgIpc) is 3.09. The molecule has 0 spiro atoms. The number of aromatic nitrogens is 2. The van der Waals surface area contributed by atoms with Crippen molar-refractivity contribution >= 4 is 10.8 Å². The number of rotatable bonds is 4. The van der Waals surface area contributed by atoms with Crippen LogP contribution in [0.1, 0.15) is 0 Å². The quantitative estimate of drug-likeness (QED) is 0.740. The molecular weight excluding hydrogens is 304 g/mol. The van der Waals surface area contributed by atoms with Crippen LogP contribution >= 0.6 is 0 Å². The van der Waals surface area contributed by atoms with Crippen LogP contribution in [0.4, 0.5) is 0 Å². The zero-order valence-corrected chi connectivity index (χ0v) is 13.6. The standard InChI is InChI=1S/C19H20N2O3/c1-22-18-7-6-17(15-4-2-3-5-16(15)18)19-20-8-9-21(19)12-14-13-23-10-11-24-14/h2-9,14H,10-13H2,1H3/t14-/m1/s1. The van der Waals surface area contributed by atoms with Crippen molar-refractivity contribution in [2.45, 2.75) is 12.6 Å². The lowest BCUT2D eigenvalue weighted by Gasteiger charge is -2.24. The van der Waals surface area contributed by atoms with Crippen molar-refractivity contribution in [1.82, 2.24) is 9.55 Å². The van der Waals surface area contributed by atoms with Crippen molar-refractivity contribution in [2.75, 3.05) is 26.9 Å². The summed E-state index contributed by atoms with van der Waals surface area (Å²) in [5.41, 5.74) is 1.09. The van der Waals surface area contributed by atoms with Crippen LogP contribution in [0, 0.1) is 0 Å². The molecule has 4 rings (SSSR count). The van der Waals surface area contributed by atoms with Gasteiger partial charge in [0.15, 0.2) is 0 Å². The van der Waals surface area contributed by atoms with E-state index in [1.54, 1.807) is 7.11 Å². The number of imidazole rings is 1. The number of hydrogen-bond acceptors (Lipinski definition) is 4. The summed E-state index contributed by atoms with van der Waals surface area (Å²) in [5.74, 6) is 1.81. The Labute approximate surface area is 140 Å². The van der Waals surface area contributed by atoms with E-state index in [4.69, 9.17) is 14.2 Å². The summed E-state index contributed by atoms with van der Waals surface area (Å²) in [7, 11) is 1.70. The van der Waals surface area contributed by atoms with E-state index >= 15 is 0 Å². The predicted octanol–water partition coefficient (Wildman–Crippen LogP) is 3.13. The van der Waals surface area contributed by atoms with Crippen molar-refractivity contribution in [1.29, 1.82) is 0 Å². The third kappa shape index (κ3) is 2.77. The summed E-state index contributed by atoms with van der Waals surface area (Å²) in [6.07, 6.45) is 3.89. The minimum Gasteiger partial charge on any atom is -0.496 e. The van der Waals surface area contributed by atoms with Crippen LogP contribution in [0.3, 0.4) is 0 Å². The lowest BCUT2D eigenvalue weighted by Crippen LogP contribution is -2.32. The van der Waals surface area contributed by atoms with Crippen molar-refractivity contribution in [2.24, 2.45) is 0 Å². The van der Waals surface area contributed by atoms with Crippen LogP contribution in [0.25, 0.3) is 22.2 Å². The van der Waals surface area contributed by atoms with Gasteiger partial charge in [0.25, 0.3) is 0 Å². The molecule has 1 aliphatic heterocycles. The maximum Gasteiger partial charge on any atom is 0.140 e. The molecule has 5 heteroatoms. The Hall–Kier alpha value is -2.37. The number of hydrogen-bond donors (Lipinski definition) is 0. The molecule has 1 aliphatic rings. The molecule has 124 valence electrons. The van der Waals surface area contributed by atoms with Gasteiger partial charge in [0, 0.05) is 23.3 Å². The highest BCUT2D eigenvalue weighted by Gasteiger charge is 2.18. The molecule has 1 saturated heterocycles. The fourth-order valence-electron chi connectivity index (χ4n) is 3.21. The van der Waals surface area contributed by atoms with Gasteiger partial charge in [0.05, 0.1) is 39.6 Å². The Bertz CT molecular complexity index is 837. The third-order valence-corrected chi connectivity index (χ3v) is 4.35. The van der Waals surface area contributed by atoms with Gasteiger partial charge in [0.2, 0.25) is 0 Å². The van der Waals surface area contributed by atoms with Crippen molar-refractivity contribution < 1.29 is 14.2 Å². The number of nitrogens with zero attached hydrogens (tertiary/aromatic N) is 2. The molecular formula is C19H20N2O3. The highest BCUT2D eigenvalue weighted by molar-refractivity contribution is 5.98. The molecule has 1 fully saturated rings. The topological polar surface area (TPSA) is 45.5 Å². The van der Waals surface area contributed by atoms with Gasteiger partial charge in [-0.05, 0) is 17.5 Å². The first-order valence-electron chi connectivity index (χ1n) is 8.13. The number of benzene rings is 2. The molecule has 0 unspecified atom stereocenters. The second kappa shape index (κ2) is 6.63. The van der Waals surface area contributed by atoms with Crippen LogP contribution in [0.5, 0.6) is 5.75 Å². The first kappa shape index (κ1) is 15.2. The molecule has 0 radical (unpaired) electrons. The van der Waals surface area contributed by atoms with Gasteiger partial charge in [0.1, 0.15) is 11.6 Å². The van der Waals surface area contributed by atoms with E-state index < -0.39 is 0 Å². The van der Waals surface area contributed by atoms with Crippen LogP contribution in [0.15, 0.2) is 48.8 Å². The zero-order valence-electron chi connectivity index (χ0n) is 13.6. The highest BCUT2D eigenvalue weighted by atomic mass is 16.6. The van der Waals surface area contributed by atoms with E-state index in [1.807, 2.05) is 30.6 Å². The Morgan fingerprint density at radius 3 is 2.83 bits per heavy atom. The highest BCUT2D eigenvalue weighted by Crippen LogP contribution is 2.33. The molecule has 2 aromatic carbocycles. The SMILES string of the molecule is COc1ccc(-c2nccn2C[C@@H]2COCCO2)c2ccccc12. The van der Waals surface area contributed by atoms with Crippen LogP contribution in [0.2, 0.25) is 0 Å². The molecule has 0 N–H and O–H groups in total. The molecule has 0 saturated carbocycles. The first-order valence-corrected chi connectivity index (χ1v) is 8.13. The zero-order chi connectivity index (χ0) is 16.4. The van der Waals surface area contributed by atoms with E-state index in [2.05, 4.69) is 27.8 Å². The lowest BCUT2D eigenvalue weighted by molar-refractivity contribution is -0.0934. The van der Waals surface area contributed by atoms with E-state index in [-0.39, 0.29) is 6.10 Å². The predicted molar refractivity (Wildman–Crippen MR) is 92.3 cm³/mol. The number of fused-ring (bicyclic) bond motifs is 1. The summed E-state index contributed by atoms with van der Waals surface area (Å²) >= 11 is 0. The largest absolute Gasteiger partial charge is 0.496 e. The molecule has 24 heavy (non-hydrogen) atoms. The van der Waals surface area contributed by atoms with E-state index in [0.717, 1.165) is 34.5 Å². The second-order valence-corrected chi connectivity index (χ2v) is 5.83. The maximum absolute atomic E-state index is 5.77. The fraction of sp³-hybridized carbons (Fsp3) is 0.316. The monoisotopic (exact) mass is 324 g/mol. The molecule has 1 atom stereocenters. The summed E-state index contributed by atoms with van der Waals surface area (Å²) in [5, 5.41) is 2.22. The summed E-state index contributed by atoms with van der Waals surface area (Å²) < 4.78 is 18.9. The van der Waals surface area contributed by atoms with Gasteiger partial charge in [-0.15, -0.1) is 0 Å². The van der Waals surface area contributed by atoms with Crippen molar-refractivity contribution in [3.8, 4) is 17.1 Å². The van der Waals surface area contributed by atoms with Crippen molar-refractivity contribution in [3.63, 3.8) is 0 Å². The van der Waals surface area contributed by atoms with E-state index in [0.29, 0.717) is 19.8 Å². The summed E-state index contributed by atoms with van der Waals surface area (Å²) in [6, 6.07) is 12.3. The van der Waals surface area contributed by atoms with Gasteiger partial charge in [-0.1, -0.05) is 24.3 Å². The third-order valence-electron chi connectivity index (χ3n) is 4.35. The maximum atomic E-state index is 5.77. The van der Waals surface area contributed by atoms with Crippen LogP contribution in [-0.2, 0) is 16.0 Å². The molecule has 2 heterocycles. The van der Waals surface area contributed by atoms with Crippen LogP contribution in [-0.4, -0.2) is 42.6 Å². The first-order chi connectivity index (χ1) is 11.9. The molecule has 3 aromatic rings. The molecule has 0 amide bonds. The summed E-state index contributed by atoms with van der Waals surface area (Å²) in [6.45, 7) is 2.69. The van der Waals surface area contributed by atoms with Gasteiger partial charge < -0.3 is 18.8 Å². The smallest absolute Gasteiger partial charge is 0.140 e. The molecule has 5 nitrogen and oxygen atoms in total. The van der Waals surface area contributed by atoms with Crippen LogP contribution < -0.4 is 4.74 Å². The fourth-order valence-corrected chi connectivity index (χ4v) is 3.21. The van der Waals surface area contributed by atoms with Gasteiger partial charge >= 0.3 is 0 Å². The minimum absolute atomic E-state index is 0.0659.